The molecule has 126 valence electrons. The first-order valence-corrected chi connectivity index (χ1v) is 9.04. The van der Waals surface area contributed by atoms with Crippen LogP contribution in [-0.4, -0.2) is 11.7 Å². The van der Waals surface area contributed by atoms with Crippen LogP contribution in [0.3, 0.4) is 0 Å². The van der Waals surface area contributed by atoms with E-state index in [4.69, 9.17) is 16.3 Å². The van der Waals surface area contributed by atoms with E-state index >= 15 is 0 Å². The SMILES string of the molecule is CCc1ccc2c(c1)C1OCCCC1C(c1ccc(O)c(Cl)c1)N2. The number of hydrogen-bond acceptors (Lipinski definition) is 3. The summed E-state index contributed by atoms with van der Waals surface area (Å²) in [7, 11) is 0. The first kappa shape index (κ1) is 15.8. The lowest BCUT2D eigenvalue weighted by molar-refractivity contribution is -0.0381. The Morgan fingerprint density at radius 2 is 2.12 bits per heavy atom. The number of nitrogens with one attached hydrogen (secondary N) is 1. The van der Waals surface area contributed by atoms with E-state index in [0.29, 0.717) is 10.9 Å². The molecule has 2 N–H and O–H groups in total. The summed E-state index contributed by atoms with van der Waals surface area (Å²) in [4.78, 5) is 0. The molecule has 3 nitrogen and oxygen atoms in total. The maximum atomic E-state index is 9.71. The molecular weight excluding hydrogens is 322 g/mol. The molecule has 2 aromatic rings. The molecule has 3 atom stereocenters. The molecule has 24 heavy (non-hydrogen) atoms. The fourth-order valence-electron chi connectivity index (χ4n) is 3.99. The average Bonchev–Trinajstić information content (AvgIpc) is 2.63. The summed E-state index contributed by atoms with van der Waals surface area (Å²) < 4.78 is 6.19. The summed E-state index contributed by atoms with van der Waals surface area (Å²) in [6.07, 6.45) is 3.35. The van der Waals surface area contributed by atoms with E-state index in [2.05, 4.69) is 30.4 Å². The van der Waals surface area contributed by atoms with Crippen molar-refractivity contribution in [2.45, 2.75) is 38.3 Å². The molecule has 0 spiro atoms. The Labute approximate surface area is 147 Å². The van der Waals surface area contributed by atoms with Crippen molar-refractivity contribution in [3.63, 3.8) is 0 Å². The van der Waals surface area contributed by atoms with Crippen molar-refractivity contribution < 1.29 is 9.84 Å². The summed E-state index contributed by atoms with van der Waals surface area (Å²) in [5.41, 5.74) is 4.86. The second-order valence-corrected chi connectivity index (χ2v) is 7.11. The second-order valence-electron chi connectivity index (χ2n) is 6.71. The Morgan fingerprint density at radius 1 is 1.25 bits per heavy atom. The number of phenols is 1. The molecule has 0 radical (unpaired) electrons. The topological polar surface area (TPSA) is 41.5 Å². The van der Waals surface area contributed by atoms with Crippen LogP contribution in [0.25, 0.3) is 0 Å². The number of ether oxygens (including phenoxy) is 1. The van der Waals surface area contributed by atoms with E-state index in [1.165, 1.54) is 11.1 Å². The lowest BCUT2D eigenvalue weighted by Gasteiger charge is -2.43. The zero-order chi connectivity index (χ0) is 16.7. The van der Waals surface area contributed by atoms with Gasteiger partial charge in [0.25, 0.3) is 0 Å². The number of anilines is 1. The van der Waals surface area contributed by atoms with Crippen LogP contribution in [0.15, 0.2) is 36.4 Å². The number of hydrogen-bond donors (Lipinski definition) is 2. The Balaban J connectivity index is 1.77. The maximum Gasteiger partial charge on any atom is 0.134 e. The maximum absolute atomic E-state index is 9.71. The standard InChI is InChI=1S/C20H22ClNO2/c1-2-12-5-7-17-15(10-12)20-14(4-3-9-24-20)19(22-17)13-6-8-18(23)16(21)11-13/h5-8,10-11,14,19-20,22-23H,2-4,9H2,1H3. The number of rotatable bonds is 2. The molecule has 2 aromatic carbocycles. The van der Waals surface area contributed by atoms with Crippen molar-refractivity contribution in [2.24, 2.45) is 5.92 Å². The van der Waals surface area contributed by atoms with Crippen molar-refractivity contribution in [2.75, 3.05) is 11.9 Å². The van der Waals surface area contributed by atoms with Crippen molar-refractivity contribution in [1.29, 1.82) is 0 Å². The van der Waals surface area contributed by atoms with Crippen molar-refractivity contribution in [3.8, 4) is 5.75 Å². The Kier molecular flexibility index (Phi) is 4.15. The van der Waals surface area contributed by atoms with Crippen molar-refractivity contribution >= 4 is 17.3 Å². The van der Waals surface area contributed by atoms with E-state index in [1.807, 2.05) is 12.1 Å². The highest BCUT2D eigenvalue weighted by molar-refractivity contribution is 6.32. The fourth-order valence-corrected chi connectivity index (χ4v) is 4.18. The molecule has 1 saturated heterocycles. The Bertz CT molecular complexity index is 761. The molecule has 4 heteroatoms. The first-order valence-electron chi connectivity index (χ1n) is 8.66. The largest absolute Gasteiger partial charge is 0.506 e. The molecule has 3 unspecified atom stereocenters. The highest BCUT2D eigenvalue weighted by atomic mass is 35.5. The number of aromatic hydroxyl groups is 1. The van der Waals surface area contributed by atoms with Gasteiger partial charge in [0.1, 0.15) is 5.75 Å². The number of halogens is 1. The predicted octanol–water partition coefficient (Wildman–Crippen LogP) is 5.24. The minimum absolute atomic E-state index is 0.124. The van der Waals surface area contributed by atoms with Gasteiger partial charge < -0.3 is 15.2 Å². The van der Waals surface area contributed by atoms with E-state index in [0.717, 1.165) is 37.1 Å². The van der Waals surface area contributed by atoms with Gasteiger partial charge in [-0.2, -0.15) is 0 Å². The first-order chi connectivity index (χ1) is 11.7. The highest BCUT2D eigenvalue weighted by Crippen LogP contribution is 2.49. The van der Waals surface area contributed by atoms with E-state index in [-0.39, 0.29) is 17.9 Å². The molecule has 2 aliphatic heterocycles. The van der Waals surface area contributed by atoms with Crippen LogP contribution in [0.1, 0.15) is 48.6 Å². The van der Waals surface area contributed by atoms with Crippen molar-refractivity contribution in [1.82, 2.24) is 0 Å². The molecule has 4 rings (SSSR count). The molecule has 1 fully saturated rings. The summed E-state index contributed by atoms with van der Waals surface area (Å²) in [5.74, 6) is 0.500. The minimum Gasteiger partial charge on any atom is -0.506 e. The van der Waals surface area contributed by atoms with Gasteiger partial charge in [0.05, 0.1) is 17.2 Å². The molecule has 2 aliphatic rings. The minimum atomic E-state index is 0.124. The summed E-state index contributed by atoms with van der Waals surface area (Å²) in [6, 6.07) is 12.3. The van der Waals surface area contributed by atoms with Gasteiger partial charge in [-0.1, -0.05) is 36.7 Å². The molecule has 0 aliphatic carbocycles. The Hall–Kier alpha value is -1.71. The Morgan fingerprint density at radius 3 is 2.92 bits per heavy atom. The summed E-state index contributed by atoms with van der Waals surface area (Å²) in [5, 5.41) is 13.8. The van der Waals surface area contributed by atoms with Crippen LogP contribution in [0.4, 0.5) is 5.69 Å². The quantitative estimate of drug-likeness (QED) is 0.783. The number of aryl methyl sites for hydroxylation is 1. The molecule has 2 heterocycles. The van der Waals surface area contributed by atoms with Gasteiger partial charge in [-0.3, -0.25) is 0 Å². The van der Waals surface area contributed by atoms with Gasteiger partial charge >= 0.3 is 0 Å². The summed E-state index contributed by atoms with van der Waals surface area (Å²) >= 11 is 6.14. The molecule has 0 saturated carbocycles. The van der Waals surface area contributed by atoms with Crippen LogP contribution >= 0.6 is 11.6 Å². The van der Waals surface area contributed by atoms with Crippen LogP contribution < -0.4 is 5.32 Å². The van der Waals surface area contributed by atoms with Gasteiger partial charge in [0.2, 0.25) is 0 Å². The lowest BCUT2D eigenvalue weighted by Crippen LogP contribution is -2.36. The smallest absolute Gasteiger partial charge is 0.134 e. The van der Waals surface area contributed by atoms with Gasteiger partial charge in [-0.05, 0) is 48.6 Å². The molecule has 0 aromatic heterocycles. The van der Waals surface area contributed by atoms with E-state index in [9.17, 15) is 5.11 Å². The monoisotopic (exact) mass is 343 g/mol. The van der Waals surface area contributed by atoms with E-state index < -0.39 is 0 Å². The van der Waals surface area contributed by atoms with Gasteiger partial charge in [-0.15, -0.1) is 0 Å². The zero-order valence-electron chi connectivity index (χ0n) is 13.8. The highest BCUT2D eigenvalue weighted by Gasteiger charge is 2.39. The third-order valence-corrected chi connectivity index (χ3v) is 5.57. The van der Waals surface area contributed by atoms with Gasteiger partial charge in [0.15, 0.2) is 0 Å². The zero-order valence-corrected chi connectivity index (χ0v) is 14.5. The number of benzene rings is 2. The third-order valence-electron chi connectivity index (χ3n) is 5.27. The third kappa shape index (κ3) is 2.66. The second kappa shape index (κ2) is 6.30. The normalized spacial score (nSPS) is 25.5. The van der Waals surface area contributed by atoms with Gasteiger partial charge in [-0.25, -0.2) is 0 Å². The lowest BCUT2D eigenvalue weighted by atomic mass is 9.77. The summed E-state index contributed by atoms with van der Waals surface area (Å²) in [6.45, 7) is 3.00. The predicted molar refractivity (Wildman–Crippen MR) is 96.7 cm³/mol. The number of fused-ring (bicyclic) bond motifs is 3. The van der Waals surface area contributed by atoms with E-state index in [1.54, 1.807) is 6.07 Å². The van der Waals surface area contributed by atoms with Crippen LogP contribution in [0.2, 0.25) is 5.02 Å². The van der Waals surface area contributed by atoms with Crippen molar-refractivity contribution in [3.05, 3.63) is 58.1 Å². The molecule has 0 bridgehead atoms. The average molecular weight is 344 g/mol. The van der Waals surface area contributed by atoms with Gasteiger partial charge in [0, 0.05) is 23.8 Å². The van der Waals surface area contributed by atoms with Crippen LogP contribution in [0, 0.1) is 5.92 Å². The fraction of sp³-hybridized carbons (Fsp3) is 0.400. The molecule has 0 amide bonds. The molecular formula is C20H22ClNO2. The number of phenolic OH excluding ortho intramolecular Hbond substituents is 1. The van der Waals surface area contributed by atoms with Crippen LogP contribution in [0.5, 0.6) is 5.75 Å². The van der Waals surface area contributed by atoms with Crippen LogP contribution in [-0.2, 0) is 11.2 Å².